The topological polar surface area (TPSA) is 173 Å². The van der Waals surface area contributed by atoms with Crippen molar-refractivity contribution < 1.29 is 39.6 Å². The molecule has 0 fully saturated rings. The number of phenolic OH excluding ortho intramolecular Hbond substituents is 2. The fourth-order valence-corrected chi connectivity index (χ4v) is 2.53. The molecule has 0 saturated carbocycles. The number of benzene rings is 2. The maximum Gasteiger partial charge on any atom is 0.336 e. The summed E-state index contributed by atoms with van der Waals surface area (Å²) < 4.78 is 0. The number of nitrogens with one attached hydrogen (secondary N) is 2. The van der Waals surface area contributed by atoms with Gasteiger partial charge in [-0.2, -0.15) is 0 Å². The molecule has 10 nitrogen and oxygen atoms in total. The SMILES string of the molecule is CCC(NC(=O)c1cc(O)ccc1C(=O)O)NC(=O)c1cc(O)ccc1C(=O)O. The Morgan fingerprint density at radius 3 is 1.45 bits per heavy atom. The first-order valence-corrected chi connectivity index (χ1v) is 8.38. The standard InChI is InChI=1S/C19H18N2O8/c1-2-15(20-16(24)13-7-9(22)3-5-11(13)18(26)27)21-17(25)14-8-10(23)4-6-12(14)19(28)29/h3-8,15,22-23H,2H2,1H3,(H,20,24)(H,21,25)(H,26,27)(H,28,29). The fraction of sp³-hybridized carbons (Fsp3) is 0.158. The van der Waals surface area contributed by atoms with E-state index in [1.807, 2.05) is 0 Å². The van der Waals surface area contributed by atoms with E-state index in [-0.39, 0.29) is 40.2 Å². The number of aromatic hydroxyl groups is 2. The second-order valence-corrected chi connectivity index (χ2v) is 5.98. The summed E-state index contributed by atoms with van der Waals surface area (Å²) in [5.74, 6) is -5.11. The van der Waals surface area contributed by atoms with Crippen LogP contribution in [-0.2, 0) is 0 Å². The van der Waals surface area contributed by atoms with Gasteiger partial charge in [-0.05, 0) is 42.8 Å². The van der Waals surface area contributed by atoms with Crippen LogP contribution in [-0.4, -0.2) is 50.3 Å². The molecule has 0 atom stereocenters. The normalized spacial score (nSPS) is 10.4. The van der Waals surface area contributed by atoms with Gasteiger partial charge in [0.15, 0.2) is 0 Å². The first-order valence-electron chi connectivity index (χ1n) is 8.38. The molecule has 2 aromatic carbocycles. The number of carbonyl (C=O) groups is 4. The summed E-state index contributed by atoms with van der Waals surface area (Å²) in [5.41, 5.74) is -1.31. The highest BCUT2D eigenvalue weighted by atomic mass is 16.4. The quantitative estimate of drug-likeness (QED) is 0.377. The summed E-state index contributed by atoms with van der Waals surface area (Å²) in [7, 11) is 0. The lowest BCUT2D eigenvalue weighted by atomic mass is 10.1. The van der Waals surface area contributed by atoms with Gasteiger partial charge in [0.2, 0.25) is 0 Å². The highest BCUT2D eigenvalue weighted by Gasteiger charge is 2.23. The van der Waals surface area contributed by atoms with E-state index in [2.05, 4.69) is 10.6 Å². The van der Waals surface area contributed by atoms with E-state index < -0.39 is 29.9 Å². The van der Waals surface area contributed by atoms with Crippen LogP contribution in [0.15, 0.2) is 36.4 Å². The summed E-state index contributed by atoms with van der Waals surface area (Å²) in [4.78, 5) is 47.5. The summed E-state index contributed by atoms with van der Waals surface area (Å²) in [6.45, 7) is 1.62. The molecule has 0 unspecified atom stereocenters. The van der Waals surface area contributed by atoms with Crippen molar-refractivity contribution in [3.63, 3.8) is 0 Å². The van der Waals surface area contributed by atoms with Gasteiger partial charge in [-0.25, -0.2) is 9.59 Å². The van der Waals surface area contributed by atoms with Gasteiger partial charge < -0.3 is 31.1 Å². The van der Waals surface area contributed by atoms with Crippen molar-refractivity contribution in [1.82, 2.24) is 10.6 Å². The first kappa shape index (κ1) is 21.2. The minimum atomic E-state index is -1.38. The van der Waals surface area contributed by atoms with Crippen LogP contribution in [0.25, 0.3) is 0 Å². The lowest BCUT2D eigenvalue weighted by Crippen LogP contribution is -2.48. The Labute approximate surface area is 164 Å². The summed E-state index contributed by atoms with van der Waals surface area (Å²) in [6, 6.07) is 6.33. The molecule has 0 spiro atoms. The molecule has 10 heteroatoms. The highest BCUT2D eigenvalue weighted by molar-refractivity contribution is 6.06. The van der Waals surface area contributed by atoms with Gasteiger partial charge in [0.25, 0.3) is 11.8 Å². The predicted octanol–water partition coefficient (Wildman–Crippen LogP) is 1.39. The van der Waals surface area contributed by atoms with E-state index in [0.29, 0.717) is 0 Å². The molecule has 0 aromatic heterocycles. The number of carboxylic acids is 2. The number of amides is 2. The molecular weight excluding hydrogens is 384 g/mol. The molecule has 152 valence electrons. The number of rotatable bonds is 7. The molecule has 0 saturated heterocycles. The summed E-state index contributed by atoms with van der Waals surface area (Å²) in [5, 5.41) is 42.3. The van der Waals surface area contributed by atoms with Gasteiger partial charge in [0, 0.05) is 0 Å². The fourth-order valence-electron chi connectivity index (χ4n) is 2.53. The Kier molecular flexibility index (Phi) is 6.40. The number of carbonyl (C=O) groups excluding carboxylic acids is 2. The van der Waals surface area contributed by atoms with Crippen LogP contribution in [0.5, 0.6) is 11.5 Å². The molecule has 6 N–H and O–H groups in total. The average Bonchev–Trinajstić information content (AvgIpc) is 2.66. The van der Waals surface area contributed by atoms with E-state index in [1.54, 1.807) is 6.92 Å². The van der Waals surface area contributed by atoms with E-state index >= 15 is 0 Å². The molecule has 0 aliphatic heterocycles. The third-order valence-electron chi connectivity index (χ3n) is 3.98. The molecule has 0 heterocycles. The van der Waals surface area contributed by atoms with Gasteiger partial charge in [-0.3, -0.25) is 9.59 Å². The number of aromatic carboxylic acids is 2. The zero-order valence-corrected chi connectivity index (χ0v) is 15.2. The van der Waals surface area contributed by atoms with Crippen molar-refractivity contribution in [3.05, 3.63) is 58.7 Å². The second kappa shape index (κ2) is 8.74. The highest BCUT2D eigenvalue weighted by Crippen LogP contribution is 2.18. The molecule has 29 heavy (non-hydrogen) atoms. The van der Waals surface area contributed by atoms with Crippen LogP contribution in [0.4, 0.5) is 0 Å². The molecule has 0 aliphatic rings. The monoisotopic (exact) mass is 402 g/mol. The van der Waals surface area contributed by atoms with Crippen LogP contribution in [0, 0.1) is 0 Å². The van der Waals surface area contributed by atoms with E-state index in [4.69, 9.17) is 0 Å². The Hall–Kier alpha value is -4.08. The Balaban J connectivity index is 2.24. The summed E-state index contributed by atoms with van der Waals surface area (Å²) in [6.07, 6.45) is -0.803. The second-order valence-electron chi connectivity index (χ2n) is 5.98. The van der Waals surface area contributed by atoms with Crippen LogP contribution in [0.3, 0.4) is 0 Å². The molecule has 0 radical (unpaired) electrons. The Morgan fingerprint density at radius 2 is 1.14 bits per heavy atom. The smallest absolute Gasteiger partial charge is 0.336 e. The largest absolute Gasteiger partial charge is 0.508 e. The third kappa shape index (κ3) is 5.01. The first-order chi connectivity index (χ1) is 13.6. The Bertz CT molecular complexity index is 909. The molecular formula is C19H18N2O8. The van der Waals surface area contributed by atoms with Crippen molar-refractivity contribution in [1.29, 1.82) is 0 Å². The van der Waals surface area contributed by atoms with Gasteiger partial charge in [-0.1, -0.05) is 6.92 Å². The Morgan fingerprint density at radius 1 is 0.759 bits per heavy atom. The molecule has 0 aliphatic carbocycles. The van der Waals surface area contributed by atoms with Gasteiger partial charge in [0.1, 0.15) is 17.7 Å². The van der Waals surface area contributed by atoms with Crippen molar-refractivity contribution in [2.24, 2.45) is 0 Å². The number of carboxylic acid groups (broad SMARTS) is 2. The van der Waals surface area contributed by atoms with Crippen molar-refractivity contribution in [2.45, 2.75) is 19.5 Å². The van der Waals surface area contributed by atoms with Gasteiger partial charge >= 0.3 is 11.9 Å². The predicted molar refractivity (Wildman–Crippen MR) is 99.1 cm³/mol. The average molecular weight is 402 g/mol. The molecule has 2 aromatic rings. The zero-order chi connectivity index (χ0) is 21.7. The van der Waals surface area contributed by atoms with E-state index in [0.717, 1.165) is 36.4 Å². The lowest BCUT2D eigenvalue weighted by molar-refractivity contribution is 0.0683. The molecule has 2 rings (SSSR count). The van der Waals surface area contributed by atoms with Crippen molar-refractivity contribution in [3.8, 4) is 11.5 Å². The van der Waals surface area contributed by atoms with Crippen LogP contribution < -0.4 is 10.6 Å². The summed E-state index contributed by atoms with van der Waals surface area (Å²) >= 11 is 0. The van der Waals surface area contributed by atoms with Crippen molar-refractivity contribution in [2.75, 3.05) is 0 Å². The zero-order valence-electron chi connectivity index (χ0n) is 15.2. The minimum absolute atomic E-state index is 0.180. The maximum atomic E-state index is 12.5. The number of hydrogen-bond acceptors (Lipinski definition) is 6. The lowest BCUT2D eigenvalue weighted by Gasteiger charge is -2.20. The number of hydrogen-bond donors (Lipinski definition) is 6. The van der Waals surface area contributed by atoms with Gasteiger partial charge in [0.05, 0.1) is 22.3 Å². The van der Waals surface area contributed by atoms with Crippen molar-refractivity contribution >= 4 is 23.8 Å². The van der Waals surface area contributed by atoms with Crippen LogP contribution in [0.1, 0.15) is 54.8 Å². The third-order valence-corrected chi connectivity index (χ3v) is 3.98. The van der Waals surface area contributed by atoms with E-state index in [1.165, 1.54) is 0 Å². The molecule has 0 bridgehead atoms. The number of phenols is 2. The van der Waals surface area contributed by atoms with Crippen LogP contribution >= 0.6 is 0 Å². The van der Waals surface area contributed by atoms with Gasteiger partial charge in [-0.15, -0.1) is 0 Å². The minimum Gasteiger partial charge on any atom is -0.508 e. The molecule has 2 amide bonds. The van der Waals surface area contributed by atoms with E-state index in [9.17, 15) is 39.6 Å². The van der Waals surface area contributed by atoms with Crippen LogP contribution in [0.2, 0.25) is 0 Å². The maximum absolute atomic E-state index is 12.5.